The van der Waals surface area contributed by atoms with E-state index in [4.69, 9.17) is 4.74 Å². The molecular formula is C14H20N2O3. The summed E-state index contributed by atoms with van der Waals surface area (Å²) in [6, 6.07) is 5.34. The molecule has 19 heavy (non-hydrogen) atoms. The number of nitro groups is 1. The van der Waals surface area contributed by atoms with E-state index in [2.05, 4.69) is 4.90 Å². The number of nitrogens with zero attached hydrogens (tertiary/aromatic N) is 2. The largest absolute Gasteiger partial charge is 0.378 e. The summed E-state index contributed by atoms with van der Waals surface area (Å²) in [5.41, 5.74) is 1.97. The summed E-state index contributed by atoms with van der Waals surface area (Å²) in [7, 11) is 0. The molecule has 1 saturated heterocycles. The van der Waals surface area contributed by atoms with Gasteiger partial charge in [-0.25, -0.2) is 0 Å². The lowest BCUT2D eigenvalue weighted by molar-refractivity contribution is -0.385. The van der Waals surface area contributed by atoms with Gasteiger partial charge >= 0.3 is 0 Å². The fraction of sp³-hybridized carbons (Fsp3) is 0.571. The average Bonchev–Trinajstić information content (AvgIpc) is 2.39. The fourth-order valence-electron chi connectivity index (χ4n) is 2.56. The minimum atomic E-state index is -0.333. The maximum absolute atomic E-state index is 10.8. The van der Waals surface area contributed by atoms with Crippen molar-refractivity contribution in [3.63, 3.8) is 0 Å². The van der Waals surface area contributed by atoms with Gasteiger partial charge in [-0.1, -0.05) is 0 Å². The van der Waals surface area contributed by atoms with Crippen LogP contribution in [0.2, 0.25) is 0 Å². The normalized spacial score (nSPS) is 16.6. The molecule has 1 aromatic carbocycles. The van der Waals surface area contributed by atoms with Gasteiger partial charge in [0, 0.05) is 37.0 Å². The van der Waals surface area contributed by atoms with Gasteiger partial charge in [-0.05, 0) is 38.8 Å². The smallest absolute Gasteiger partial charge is 0.272 e. The van der Waals surface area contributed by atoms with Crippen LogP contribution in [-0.4, -0.2) is 30.7 Å². The number of piperidine rings is 1. The minimum Gasteiger partial charge on any atom is -0.378 e. The first kappa shape index (κ1) is 13.8. The third kappa shape index (κ3) is 3.23. The summed E-state index contributed by atoms with van der Waals surface area (Å²) < 4.78 is 5.63. The highest BCUT2D eigenvalue weighted by Gasteiger charge is 2.20. The lowest BCUT2D eigenvalue weighted by Gasteiger charge is -2.33. The van der Waals surface area contributed by atoms with E-state index in [1.54, 1.807) is 13.0 Å². The minimum absolute atomic E-state index is 0.188. The molecule has 2 rings (SSSR count). The Balaban J connectivity index is 2.04. The summed E-state index contributed by atoms with van der Waals surface area (Å²) in [5, 5.41) is 10.8. The van der Waals surface area contributed by atoms with E-state index in [1.165, 1.54) is 0 Å². The highest BCUT2D eigenvalue weighted by molar-refractivity contribution is 5.55. The monoisotopic (exact) mass is 264 g/mol. The summed E-state index contributed by atoms with van der Waals surface area (Å²) in [6.07, 6.45) is 2.40. The molecule has 0 aliphatic carbocycles. The highest BCUT2D eigenvalue weighted by atomic mass is 16.6. The quantitative estimate of drug-likeness (QED) is 0.619. The second-order valence-electron chi connectivity index (χ2n) is 4.87. The molecule has 1 aromatic rings. The molecule has 1 aliphatic rings. The topological polar surface area (TPSA) is 55.6 Å². The second kappa shape index (κ2) is 6.02. The van der Waals surface area contributed by atoms with Crippen molar-refractivity contribution in [2.75, 3.05) is 24.6 Å². The van der Waals surface area contributed by atoms with Gasteiger partial charge in [-0.3, -0.25) is 10.1 Å². The van der Waals surface area contributed by atoms with Gasteiger partial charge in [-0.2, -0.15) is 0 Å². The number of nitro benzene ring substituents is 1. The molecule has 0 amide bonds. The van der Waals surface area contributed by atoms with Crippen LogP contribution in [0.15, 0.2) is 18.2 Å². The maximum Gasteiger partial charge on any atom is 0.272 e. The number of anilines is 1. The summed E-state index contributed by atoms with van der Waals surface area (Å²) >= 11 is 0. The van der Waals surface area contributed by atoms with E-state index in [0.29, 0.717) is 6.10 Å². The van der Waals surface area contributed by atoms with Crippen molar-refractivity contribution in [3.05, 3.63) is 33.9 Å². The molecule has 0 N–H and O–H groups in total. The molecule has 1 aliphatic heterocycles. The van der Waals surface area contributed by atoms with Crippen molar-refractivity contribution >= 4 is 11.4 Å². The third-order valence-corrected chi connectivity index (χ3v) is 3.59. The molecule has 104 valence electrons. The van der Waals surface area contributed by atoms with Crippen molar-refractivity contribution in [1.29, 1.82) is 0 Å². The number of rotatable bonds is 4. The first-order valence-corrected chi connectivity index (χ1v) is 6.73. The van der Waals surface area contributed by atoms with Crippen LogP contribution in [0.3, 0.4) is 0 Å². The molecule has 1 fully saturated rings. The van der Waals surface area contributed by atoms with Gasteiger partial charge in [0.25, 0.3) is 5.69 Å². The van der Waals surface area contributed by atoms with Crippen molar-refractivity contribution in [2.45, 2.75) is 32.8 Å². The van der Waals surface area contributed by atoms with Gasteiger partial charge in [0.1, 0.15) is 0 Å². The zero-order chi connectivity index (χ0) is 13.8. The zero-order valence-electron chi connectivity index (χ0n) is 11.5. The molecule has 0 unspecified atom stereocenters. The predicted molar refractivity (Wildman–Crippen MR) is 74.7 cm³/mol. The Morgan fingerprint density at radius 2 is 2.11 bits per heavy atom. The molecule has 0 bridgehead atoms. The first-order chi connectivity index (χ1) is 9.11. The Labute approximate surface area is 113 Å². The van der Waals surface area contributed by atoms with Gasteiger partial charge in [-0.15, -0.1) is 0 Å². The Kier molecular flexibility index (Phi) is 4.37. The fourth-order valence-corrected chi connectivity index (χ4v) is 2.56. The van der Waals surface area contributed by atoms with E-state index in [0.717, 1.165) is 43.8 Å². The molecule has 5 nitrogen and oxygen atoms in total. The lowest BCUT2D eigenvalue weighted by atomic mass is 10.1. The van der Waals surface area contributed by atoms with E-state index < -0.39 is 0 Å². The van der Waals surface area contributed by atoms with Gasteiger partial charge in [0.15, 0.2) is 0 Å². The summed E-state index contributed by atoms with van der Waals surface area (Å²) in [4.78, 5) is 12.7. The maximum atomic E-state index is 10.8. The van der Waals surface area contributed by atoms with Crippen LogP contribution in [0, 0.1) is 17.0 Å². The van der Waals surface area contributed by atoms with Crippen LogP contribution in [0.25, 0.3) is 0 Å². The number of benzene rings is 1. The molecular weight excluding hydrogens is 244 g/mol. The van der Waals surface area contributed by atoms with Crippen LogP contribution in [0.1, 0.15) is 25.3 Å². The van der Waals surface area contributed by atoms with Crippen molar-refractivity contribution in [3.8, 4) is 0 Å². The molecule has 0 radical (unpaired) electrons. The number of aryl methyl sites for hydroxylation is 1. The van der Waals surface area contributed by atoms with Crippen molar-refractivity contribution in [2.24, 2.45) is 0 Å². The first-order valence-electron chi connectivity index (χ1n) is 6.73. The Morgan fingerprint density at radius 1 is 1.42 bits per heavy atom. The summed E-state index contributed by atoms with van der Waals surface area (Å²) in [5.74, 6) is 0. The second-order valence-corrected chi connectivity index (χ2v) is 4.87. The van der Waals surface area contributed by atoms with E-state index >= 15 is 0 Å². The van der Waals surface area contributed by atoms with Crippen molar-refractivity contribution in [1.82, 2.24) is 0 Å². The molecule has 0 aromatic heterocycles. The lowest BCUT2D eigenvalue weighted by Crippen LogP contribution is -2.37. The molecule has 0 atom stereocenters. The Morgan fingerprint density at radius 3 is 2.63 bits per heavy atom. The average molecular weight is 264 g/mol. The number of hydrogen-bond donors (Lipinski definition) is 0. The summed E-state index contributed by atoms with van der Waals surface area (Å²) in [6.45, 7) is 6.46. The highest BCUT2D eigenvalue weighted by Crippen LogP contribution is 2.26. The third-order valence-electron chi connectivity index (χ3n) is 3.59. The predicted octanol–water partition coefficient (Wildman–Crippen LogP) is 2.91. The van der Waals surface area contributed by atoms with Crippen LogP contribution in [-0.2, 0) is 4.74 Å². The van der Waals surface area contributed by atoms with E-state index in [9.17, 15) is 10.1 Å². The van der Waals surface area contributed by atoms with Crippen molar-refractivity contribution < 1.29 is 9.66 Å². The Bertz CT molecular complexity index is 454. The molecule has 0 saturated carbocycles. The zero-order valence-corrected chi connectivity index (χ0v) is 11.5. The molecule has 5 heteroatoms. The standard InChI is InChI=1S/C14H20N2O3/c1-3-19-13-6-8-15(9-7-13)12-4-5-14(16(17)18)11(2)10-12/h4-5,10,13H,3,6-9H2,1-2H3. The van der Waals surface area contributed by atoms with Gasteiger partial charge < -0.3 is 9.64 Å². The van der Waals surface area contributed by atoms with Gasteiger partial charge in [0.2, 0.25) is 0 Å². The number of ether oxygens (including phenoxy) is 1. The van der Waals surface area contributed by atoms with Crippen LogP contribution in [0.4, 0.5) is 11.4 Å². The van der Waals surface area contributed by atoms with E-state index in [1.807, 2.05) is 19.1 Å². The van der Waals surface area contributed by atoms with Crippen LogP contribution in [0.5, 0.6) is 0 Å². The number of hydrogen-bond acceptors (Lipinski definition) is 4. The molecule has 0 spiro atoms. The van der Waals surface area contributed by atoms with Crippen LogP contribution >= 0.6 is 0 Å². The Hall–Kier alpha value is -1.62. The van der Waals surface area contributed by atoms with Crippen LogP contribution < -0.4 is 4.90 Å². The molecule has 1 heterocycles. The van der Waals surface area contributed by atoms with Gasteiger partial charge in [0.05, 0.1) is 11.0 Å². The SMILES string of the molecule is CCOC1CCN(c2ccc([N+](=O)[O-])c(C)c2)CC1. The van der Waals surface area contributed by atoms with E-state index in [-0.39, 0.29) is 10.6 Å².